The second kappa shape index (κ2) is 7.26. The second-order valence-electron chi connectivity index (χ2n) is 4.29. The fraction of sp³-hybridized carbons (Fsp3) is 0.118. The molecule has 3 heteroatoms. The number of amides is 1. The number of carbonyl (C=O) groups is 1. The minimum atomic E-state index is -0.144. The van der Waals surface area contributed by atoms with Gasteiger partial charge >= 0.3 is 0 Å². The van der Waals surface area contributed by atoms with Crippen molar-refractivity contribution in [1.29, 1.82) is 0 Å². The number of para-hydroxylation sites is 1. The van der Waals surface area contributed by atoms with E-state index >= 15 is 0 Å². The SMILES string of the molecule is O=C(/C=C/c1ccccc1)N(CCO)c1ccccc1. The molecule has 0 saturated heterocycles. The van der Waals surface area contributed by atoms with Gasteiger partial charge in [-0.15, -0.1) is 0 Å². The number of benzene rings is 2. The van der Waals surface area contributed by atoms with Crippen LogP contribution in [0, 0.1) is 0 Å². The van der Waals surface area contributed by atoms with Crippen LogP contribution in [-0.4, -0.2) is 24.2 Å². The molecule has 0 aliphatic carbocycles. The van der Waals surface area contributed by atoms with Crippen LogP contribution in [0.5, 0.6) is 0 Å². The van der Waals surface area contributed by atoms with E-state index in [2.05, 4.69) is 0 Å². The molecule has 0 unspecified atom stereocenters. The van der Waals surface area contributed by atoms with Crippen LogP contribution in [0.4, 0.5) is 5.69 Å². The number of nitrogens with zero attached hydrogens (tertiary/aromatic N) is 1. The van der Waals surface area contributed by atoms with Gasteiger partial charge in [0.1, 0.15) is 0 Å². The normalized spacial score (nSPS) is 10.7. The Morgan fingerprint density at radius 3 is 2.20 bits per heavy atom. The lowest BCUT2D eigenvalue weighted by atomic mass is 10.2. The quantitative estimate of drug-likeness (QED) is 0.846. The molecule has 0 aromatic heterocycles. The molecule has 0 atom stereocenters. The second-order valence-corrected chi connectivity index (χ2v) is 4.29. The lowest BCUT2D eigenvalue weighted by Gasteiger charge is -2.20. The highest BCUT2D eigenvalue weighted by molar-refractivity contribution is 6.03. The molecule has 0 fully saturated rings. The average molecular weight is 267 g/mol. The highest BCUT2D eigenvalue weighted by atomic mass is 16.3. The molecule has 0 spiro atoms. The maximum Gasteiger partial charge on any atom is 0.251 e. The van der Waals surface area contributed by atoms with E-state index in [4.69, 9.17) is 5.11 Å². The van der Waals surface area contributed by atoms with Crippen LogP contribution in [0.15, 0.2) is 66.7 Å². The van der Waals surface area contributed by atoms with Crippen LogP contribution in [0.25, 0.3) is 6.08 Å². The third kappa shape index (κ3) is 3.80. The highest BCUT2D eigenvalue weighted by Crippen LogP contribution is 2.14. The summed E-state index contributed by atoms with van der Waals surface area (Å²) in [5, 5.41) is 9.11. The van der Waals surface area contributed by atoms with Gasteiger partial charge in [0.25, 0.3) is 5.91 Å². The Labute approximate surface area is 118 Å². The summed E-state index contributed by atoms with van der Waals surface area (Å²) in [7, 11) is 0. The summed E-state index contributed by atoms with van der Waals surface area (Å²) in [6, 6.07) is 19.0. The van der Waals surface area contributed by atoms with Crippen molar-refractivity contribution in [3.05, 3.63) is 72.3 Å². The lowest BCUT2D eigenvalue weighted by molar-refractivity contribution is -0.114. The Bertz CT molecular complexity index is 564. The lowest BCUT2D eigenvalue weighted by Crippen LogP contribution is -2.31. The van der Waals surface area contributed by atoms with E-state index in [9.17, 15) is 4.79 Å². The van der Waals surface area contributed by atoms with E-state index in [1.54, 1.807) is 11.0 Å². The number of hydrogen-bond donors (Lipinski definition) is 1. The van der Waals surface area contributed by atoms with Crippen molar-refractivity contribution in [2.24, 2.45) is 0 Å². The van der Waals surface area contributed by atoms with Gasteiger partial charge in [-0.2, -0.15) is 0 Å². The van der Waals surface area contributed by atoms with Gasteiger partial charge in [-0.3, -0.25) is 4.79 Å². The van der Waals surface area contributed by atoms with Crippen LogP contribution >= 0.6 is 0 Å². The van der Waals surface area contributed by atoms with E-state index < -0.39 is 0 Å². The summed E-state index contributed by atoms with van der Waals surface area (Å²) in [6.45, 7) is 0.210. The molecule has 2 aromatic rings. The zero-order chi connectivity index (χ0) is 14.2. The van der Waals surface area contributed by atoms with Gasteiger partial charge in [-0.1, -0.05) is 48.5 Å². The molecule has 0 aliphatic heterocycles. The molecule has 2 aromatic carbocycles. The van der Waals surface area contributed by atoms with Gasteiger partial charge in [0.2, 0.25) is 0 Å². The third-order valence-corrected chi connectivity index (χ3v) is 2.88. The Morgan fingerprint density at radius 1 is 1.00 bits per heavy atom. The Kier molecular flexibility index (Phi) is 5.09. The summed E-state index contributed by atoms with van der Waals surface area (Å²) in [5.74, 6) is -0.144. The van der Waals surface area contributed by atoms with E-state index in [1.807, 2.05) is 60.7 Å². The molecule has 1 N–H and O–H groups in total. The summed E-state index contributed by atoms with van der Waals surface area (Å²) in [6.07, 6.45) is 3.30. The maximum absolute atomic E-state index is 12.2. The van der Waals surface area contributed by atoms with E-state index in [1.165, 1.54) is 6.08 Å². The molecule has 3 nitrogen and oxygen atoms in total. The Balaban J connectivity index is 2.14. The van der Waals surface area contributed by atoms with Gasteiger partial charge in [0, 0.05) is 18.3 Å². The first-order chi connectivity index (χ1) is 9.81. The smallest absolute Gasteiger partial charge is 0.251 e. The third-order valence-electron chi connectivity index (χ3n) is 2.88. The average Bonchev–Trinajstić information content (AvgIpc) is 2.52. The molecule has 0 heterocycles. The largest absolute Gasteiger partial charge is 0.395 e. The van der Waals surface area contributed by atoms with Crippen molar-refractivity contribution in [2.75, 3.05) is 18.1 Å². The summed E-state index contributed by atoms with van der Waals surface area (Å²) in [4.78, 5) is 13.8. The molecule has 1 amide bonds. The van der Waals surface area contributed by atoms with Crippen LogP contribution < -0.4 is 4.90 Å². The van der Waals surface area contributed by atoms with Gasteiger partial charge < -0.3 is 10.0 Å². The molecule has 0 radical (unpaired) electrons. The minimum absolute atomic E-state index is 0.0696. The van der Waals surface area contributed by atoms with E-state index in [0.29, 0.717) is 0 Å². The van der Waals surface area contributed by atoms with Crippen LogP contribution in [-0.2, 0) is 4.79 Å². The van der Waals surface area contributed by atoms with Gasteiger partial charge in [0.15, 0.2) is 0 Å². The van der Waals surface area contributed by atoms with Gasteiger partial charge in [-0.25, -0.2) is 0 Å². The molecule has 20 heavy (non-hydrogen) atoms. The van der Waals surface area contributed by atoms with Gasteiger partial charge in [-0.05, 0) is 23.8 Å². The molecular weight excluding hydrogens is 250 g/mol. The van der Waals surface area contributed by atoms with E-state index in [0.717, 1.165) is 11.3 Å². The molecule has 2 rings (SSSR count). The summed E-state index contributed by atoms with van der Waals surface area (Å²) >= 11 is 0. The fourth-order valence-electron chi connectivity index (χ4n) is 1.90. The molecular formula is C17H17NO2. The minimum Gasteiger partial charge on any atom is -0.395 e. The number of hydrogen-bond acceptors (Lipinski definition) is 2. The van der Waals surface area contributed by atoms with Crippen LogP contribution in [0.1, 0.15) is 5.56 Å². The number of rotatable bonds is 5. The Morgan fingerprint density at radius 2 is 1.60 bits per heavy atom. The zero-order valence-corrected chi connectivity index (χ0v) is 11.1. The predicted octanol–water partition coefficient (Wildman–Crippen LogP) is 2.73. The van der Waals surface area contributed by atoms with Crippen LogP contribution in [0.3, 0.4) is 0 Å². The van der Waals surface area contributed by atoms with Crippen molar-refractivity contribution in [3.8, 4) is 0 Å². The topological polar surface area (TPSA) is 40.5 Å². The van der Waals surface area contributed by atoms with Crippen molar-refractivity contribution >= 4 is 17.7 Å². The zero-order valence-electron chi connectivity index (χ0n) is 11.1. The van der Waals surface area contributed by atoms with Crippen LogP contribution in [0.2, 0.25) is 0 Å². The monoisotopic (exact) mass is 267 g/mol. The molecule has 0 bridgehead atoms. The summed E-state index contributed by atoms with van der Waals surface area (Å²) < 4.78 is 0. The summed E-state index contributed by atoms with van der Waals surface area (Å²) in [5.41, 5.74) is 1.75. The Hall–Kier alpha value is -2.39. The van der Waals surface area contributed by atoms with E-state index in [-0.39, 0.29) is 19.1 Å². The first-order valence-electron chi connectivity index (χ1n) is 6.52. The first-order valence-corrected chi connectivity index (χ1v) is 6.52. The molecule has 0 aliphatic rings. The fourth-order valence-corrected chi connectivity index (χ4v) is 1.90. The number of aliphatic hydroxyl groups is 1. The number of aliphatic hydroxyl groups excluding tert-OH is 1. The van der Waals surface area contributed by atoms with Gasteiger partial charge in [0.05, 0.1) is 6.61 Å². The standard InChI is InChI=1S/C17H17NO2/c19-14-13-18(16-9-5-2-6-10-16)17(20)12-11-15-7-3-1-4-8-15/h1-12,19H,13-14H2/b12-11+. The van der Waals surface area contributed by atoms with Crippen molar-refractivity contribution in [1.82, 2.24) is 0 Å². The first kappa shape index (κ1) is 14.0. The maximum atomic E-state index is 12.2. The predicted molar refractivity (Wildman–Crippen MR) is 81.4 cm³/mol. The highest BCUT2D eigenvalue weighted by Gasteiger charge is 2.11. The van der Waals surface area contributed by atoms with Crippen molar-refractivity contribution < 1.29 is 9.90 Å². The number of carbonyl (C=O) groups excluding carboxylic acids is 1. The number of anilines is 1. The molecule has 102 valence electrons. The van der Waals surface area contributed by atoms with Crippen molar-refractivity contribution in [3.63, 3.8) is 0 Å². The molecule has 0 saturated carbocycles. The van der Waals surface area contributed by atoms with Crippen molar-refractivity contribution in [2.45, 2.75) is 0 Å².